The number of nitrogens with one attached hydrogen (secondary N) is 2. The molecule has 3 rings (SSSR count). The number of hydrogen-bond donors (Lipinski definition) is 2. The van der Waals surface area contributed by atoms with Gasteiger partial charge in [-0.1, -0.05) is 18.2 Å². The van der Waals surface area contributed by atoms with Gasteiger partial charge in [-0.25, -0.2) is 4.79 Å². The lowest BCUT2D eigenvalue weighted by molar-refractivity contribution is -0.902. The number of nitrogens with zero attached hydrogens (tertiary/aromatic N) is 2. The Kier molecular flexibility index (Phi) is 5.91. The smallest absolute Gasteiger partial charge is 0.321 e. The number of benzene rings is 1. The highest BCUT2D eigenvalue weighted by molar-refractivity contribution is 5.89. The molecule has 136 valence electrons. The van der Waals surface area contributed by atoms with Crippen molar-refractivity contribution < 1.29 is 14.5 Å². The third-order valence-corrected chi connectivity index (χ3v) is 5.44. The minimum Gasteiger partial charge on any atom is -0.332 e. The summed E-state index contributed by atoms with van der Waals surface area (Å²) in [5, 5.41) is 2.92. The molecule has 1 aromatic carbocycles. The van der Waals surface area contributed by atoms with E-state index in [0.717, 1.165) is 51.3 Å². The number of amides is 3. The van der Waals surface area contributed by atoms with E-state index in [0.29, 0.717) is 19.0 Å². The lowest BCUT2D eigenvalue weighted by Gasteiger charge is -2.36. The molecule has 2 N–H and O–H groups in total. The van der Waals surface area contributed by atoms with Crippen LogP contribution in [0.1, 0.15) is 19.8 Å². The van der Waals surface area contributed by atoms with Gasteiger partial charge in [-0.15, -0.1) is 0 Å². The Balaban J connectivity index is 1.45. The summed E-state index contributed by atoms with van der Waals surface area (Å²) >= 11 is 0. The molecular formula is C19H29N4O2+. The van der Waals surface area contributed by atoms with Crippen molar-refractivity contribution in [3.05, 3.63) is 30.3 Å². The highest BCUT2D eigenvalue weighted by Crippen LogP contribution is 2.20. The molecule has 0 bridgehead atoms. The molecule has 25 heavy (non-hydrogen) atoms. The predicted molar refractivity (Wildman–Crippen MR) is 97.6 cm³/mol. The van der Waals surface area contributed by atoms with E-state index < -0.39 is 0 Å². The predicted octanol–water partition coefficient (Wildman–Crippen LogP) is 0.678. The number of piperazine rings is 1. The summed E-state index contributed by atoms with van der Waals surface area (Å²) in [5.41, 5.74) is 0.807. The Labute approximate surface area is 149 Å². The fourth-order valence-electron chi connectivity index (χ4n) is 3.71. The van der Waals surface area contributed by atoms with Crippen molar-refractivity contribution in [1.29, 1.82) is 0 Å². The van der Waals surface area contributed by atoms with Gasteiger partial charge in [0.05, 0.1) is 32.7 Å². The van der Waals surface area contributed by atoms with Gasteiger partial charge in [0.25, 0.3) is 0 Å². The van der Waals surface area contributed by atoms with Crippen LogP contribution in [-0.2, 0) is 4.79 Å². The Morgan fingerprint density at radius 2 is 1.68 bits per heavy atom. The number of anilines is 1. The number of likely N-dealkylation sites (N-methyl/N-ethyl adjacent to an activating group) is 1. The Morgan fingerprint density at radius 3 is 2.28 bits per heavy atom. The summed E-state index contributed by atoms with van der Waals surface area (Å²) in [5.74, 6) is 0.363. The van der Waals surface area contributed by atoms with Gasteiger partial charge in [0.1, 0.15) is 0 Å². The van der Waals surface area contributed by atoms with Crippen molar-refractivity contribution in [3.63, 3.8) is 0 Å². The maximum absolute atomic E-state index is 12.7. The summed E-state index contributed by atoms with van der Waals surface area (Å²) in [6.07, 6.45) is 1.53. The summed E-state index contributed by atoms with van der Waals surface area (Å²) in [6, 6.07) is 9.42. The third-order valence-electron chi connectivity index (χ3n) is 5.44. The highest BCUT2D eigenvalue weighted by Gasteiger charge is 2.32. The van der Waals surface area contributed by atoms with Crippen molar-refractivity contribution in [2.24, 2.45) is 5.92 Å². The number of para-hydroxylation sites is 1. The minimum absolute atomic E-state index is 0.0720. The molecule has 0 aromatic heterocycles. The number of carbonyl (C=O) groups is 2. The molecule has 2 saturated heterocycles. The summed E-state index contributed by atoms with van der Waals surface area (Å²) in [6.45, 7) is 8.49. The third kappa shape index (κ3) is 4.51. The average molecular weight is 345 g/mol. The van der Waals surface area contributed by atoms with Crippen molar-refractivity contribution in [2.75, 3.05) is 51.1 Å². The number of hydrogen-bond acceptors (Lipinski definition) is 2. The quantitative estimate of drug-likeness (QED) is 0.846. The van der Waals surface area contributed by atoms with E-state index in [9.17, 15) is 9.59 Å². The number of rotatable bonds is 3. The van der Waals surface area contributed by atoms with Crippen LogP contribution in [0.15, 0.2) is 30.3 Å². The molecule has 1 aromatic rings. The zero-order valence-corrected chi connectivity index (χ0v) is 15.0. The largest absolute Gasteiger partial charge is 0.332 e. The van der Waals surface area contributed by atoms with Gasteiger partial charge in [0.15, 0.2) is 0 Å². The fourth-order valence-corrected chi connectivity index (χ4v) is 3.71. The van der Waals surface area contributed by atoms with Crippen LogP contribution in [0.2, 0.25) is 0 Å². The Bertz CT molecular complexity index is 576. The van der Waals surface area contributed by atoms with E-state index in [2.05, 4.69) is 12.2 Å². The highest BCUT2D eigenvalue weighted by atomic mass is 16.2. The maximum atomic E-state index is 12.7. The van der Waals surface area contributed by atoms with Crippen molar-refractivity contribution in [1.82, 2.24) is 9.80 Å². The molecular weight excluding hydrogens is 316 g/mol. The van der Waals surface area contributed by atoms with E-state index in [1.165, 1.54) is 0 Å². The molecule has 2 heterocycles. The number of likely N-dealkylation sites (tertiary alicyclic amines) is 1. The van der Waals surface area contributed by atoms with Crippen LogP contribution in [0.25, 0.3) is 0 Å². The molecule has 2 fully saturated rings. The van der Waals surface area contributed by atoms with Crippen LogP contribution >= 0.6 is 0 Å². The van der Waals surface area contributed by atoms with Crippen LogP contribution in [0.3, 0.4) is 0 Å². The average Bonchev–Trinajstić information content (AvgIpc) is 2.68. The van der Waals surface area contributed by atoms with Crippen molar-refractivity contribution in [2.45, 2.75) is 19.8 Å². The van der Waals surface area contributed by atoms with Crippen molar-refractivity contribution in [3.8, 4) is 0 Å². The Morgan fingerprint density at radius 1 is 1.04 bits per heavy atom. The van der Waals surface area contributed by atoms with Crippen LogP contribution in [-0.4, -0.2) is 67.6 Å². The molecule has 0 aliphatic carbocycles. The maximum Gasteiger partial charge on any atom is 0.321 e. The van der Waals surface area contributed by atoms with E-state index in [-0.39, 0.29) is 11.9 Å². The first-order chi connectivity index (χ1) is 12.2. The zero-order chi connectivity index (χ0) is 17.6. The second-order valence-corrected chi connectivity index (χ2v) is 6.99. The summed E-state index contributed by atoms with van der Waals surface area (Å²) < 4.78 is 0. The normalized spacial score (nSPS) is 19.7. The summed E-state index contributed by atoms with van der Waals surface area (Å²) in [4.78, 5) is 30.5. The van der Waals surface area contributed by atoms with Gasteiger partial charge in [0.2, 0.25) is 5.91 Å². The molecule has 2 aliphatic rings. The van der Waals surface area contributed by atoms with Gasteiger partial charge in [-0.3, -0.25) is 4.79 Å². The first-order valence-electron chi connectivity index (χ1n) is 9.40. The standard InChI is InChI=1S/C19H28N4O2/c1-2-21-12-14-22(15-13-21)18(24)16-8-10-23(11-9-16)19(25)20-17-6-4-3-5-7-17/h3-7,16H,2,8-15H2,1H3,(H,20,25)/p+1. The topological polar surface area (TPSA) is 57.1 Å². The molecule has 6 heteroatoms. The second-order valence-electron chi connectivity index (χ2n) is 6.99. The van der Waals surface area contributed by atoms with E-state index in [1.54, 1.807) is 4.90 Å². The fraction of sp³-hybridized carbons (Fsp3) is 0.579. The SMILES string of the molecule is CC[NH+]1CCN(C(=O)C2CCN(C(=O)Nc3ccccc3)CC2)CC1. The van der Waals surface area contributed by atoms with Crippen LogP contribution < -0.4 is 10.2 Å². The first kappa shape index (κ1) is 17.7. The molecule has 0 atom stereocenters. The molecule has 0 saturated carbocycles. The second kappa shape index (κ2) is 8.34. The monoisotopic (exact) mass is 345 g/mol. The zero-order valence-electron chi connectivity index (χ0n) is 15.0. The molecule has 0 unspecified atom stereocenters. The molecule has 3 amide bonds. The van der Waals surface area contributed by atoms with E-state index >= 15 is 0 Å². The van der Waals surface area contributed by atoms with Gasteiger partial charge in [0, 0.05) is 24.7 Å². The summed E-state index contributed by atoms with van der Waals surface area (Å²) in [7, 11) is 0. The number of carbonyl (C=O) groups excluding carboxylic acids is 2. The van der Waals surface area contributed by atoms with Crippen LogP contribution in [0, 0.1) is 5.92 Å². The lowest BCUT2D eigenvalue weighted by Crippen LogP contribution is -3.14. The van der Waals surface area contributed by atoms with Gasteiger partial charge in [-0.2, -0.15) is 0 Å². The van der Waals surface area contributed by atoms with Crippen LogP contribution in [0.4, 0.5) is 10.5 Å². The molecule has 2 aliphatic heterocycles. The minimum atomic E-state index is -0.0720. The first-order valence-corrected chi connectivity index (χ1v) is 9.40. The molecule has 0 spiro atoms. The number of piperidine rings is 1. The van der Waals surface area contributed by atoms with Crippen molar-refractivity contribution >= 4 is 17.6 Å². The Hall–Kier alpha value is -2.08. The number of urea groups is 1. The number of quaternary nitrogens is 1. The van der Waals surface area contributed by atoms with Gasteiger partial charge < -0.3 is 20.0 Å². The van der Waals surface area contributed by atoms with E-state index in [1.807, 2.05) is 40.1 Å². The van der Waals surface area contributed by atoms with Gasteiger partial charge >= 0.3 is 6.03 Å². The lowest BCUT2D eigenvalue weighted by atomic mass is 9.95. The van der Waals surface area contributed by atoms with Crippen LogP contribution in [0.5, 0.6) is 0 Å². The van der Waals surface area contributed by atoms with E-state index in [4.69, 9.17) is 0 Å². The molecule has 6 nitrogen and oxygen atoms in total. The van der Waals surface area contributed by atoms with Gasteiger partial charge in [-0.05, 0) is 31.9 Å². The molecule has 0 radical (unpaired) electrons.